The molecule has 1 saturated heterocycles. The molecule has 6 rings (SSSR count). The summed E-state index contributed by atoms with van der Waals surface area (Å²) in [4.78, 5) is 0. The van der Waals surface area contributed by atoms with Crippen LogP contribution in [0.3, 0.4) is 0 Å². The van der Waals surface area contributed by atoms with Crippen LogP contribution in [-0.2, 0) is 54.4 Å². The number of phosphoric acid groups is 1. The van der Waals surface area contributed by atoms with Gasteiger partial charge in [-0.1, -0.05) is 128 Å². The second-order valence-electron chi connectivity index (χ2n) is 12.1. The van der Waals surface area contributed by atoms with Crippen LogP contribution in [0, 0.1) is 0 Å². The fourth-order valence-electron chi connectivity index (χ4n) is 5.74. The maximum Gasteiger partial charge on any atom is 0.475 e. The highest BCUT2D eigenvalue weighted by atomic mass is 32.2. The van der Waals surface area contributed by atoms with Crippen molar-refractivity contribution < 1.29 is 31.0 Å². The normalized spacial score (nSPS) is 16.3. The third-order valence-corrected chi connectivity index (χ3v) is 11.3. The average molecular weight is 717 g/mol. The van der Waals surface area contributed by atoms with Crippen LogP contribution < -0.4 is 4.72 Å². The Hall–Kier alpha value is -4.00. The number of hydrogen-bond donors (Lipinski definition) is 1. The predicted molar refractivity (Wildman–Crippen MR) is 189 cm³/mol. The topological polar surface area (TPSA) is 133 Å². The van der Waals surface area contributed by atoms with Crippen LogP contribution in [0.5, 0.6) is 0 Å². The summed E-state index contributed by atoms with van der Waals surface area (Å²) in [6.07, 6.45) is 2.73. The number of aromatic nitrogens is 2. The lowest BCUT2D eigenvalue weighted by atomic mass is 10.1. The van der Waals surface area contributed by atoms with Crippen LogP contribution in [0.2, 0.25) is 0 Å². The van der Waals surface area contributed by atoms with Gasteiger partial charge in [-0.3, -0.25) is 13.6 Å². The smallest absolute Gasteiger partial charge is 0.423 e. The van der Waals surface area contributed by atoms with Crippen LogP contribution in [0.25, 0.3) is 0 Å². The van der Waals surface area contributed by atoms with E-state index in [4.69, 9.17) is 18.0 Å². The lowest BCUT2D eigenvalue weighted by Crippen LogP contribution is -2.50. The van der Waals surface area contributed by atoms with Crippen molar-refractivity contribution in [3.63, 3.8) is 0 Å². The summed E-state index contributed by atoms with van der Waals surface area (Å²) in [5, 5.41) is 8.48. The van der Waals surface area contributed by atoms with Gasteiger partial charge in [-0.25, -0.2) is 4.57 Å². The van der Waals surface area contributed by atoms with E-state index in [1.165, 1.54) is 4.31 Å². The second-order valence-corrected chi connectivity index (χ2v) is 15.4. The van der Waals surface area contributed by atoms with E-state index in [9.17, 15) is 13.0 Å². The maximum atomic E-state index is 14.2. The zero-order valence-corrected chi connectivity index (χ0v) is 29.3. The van der Waals surface area contributed by atoms with Gasteiger partial charge in [-0.15, -0.1) is 10.2 Å². The molecule has 1 aliphatic rings. The molecule has 0 saturated carbocycles. The molecule has 4 aromatic carbocycles. The standard InChI is InChI=1S/C37H41N4O7PS/c42-49(45-27-32-19-9-3-10-20-32,46-28-33-21-11-4-12-22-33)47-29-34(25-30-15-5-1-6-16-30)40-50(43,44)41-24-14-13-23-35(41)37-39-38-36(48-37)26-31-17-7-2-8-18-31/h1-12,15-22,34-35,40H,13-14,23-29H2/t34-,35+/m1/s1. The minimum atomic E-state index is -4.17. The number of piperidine rings is 1. The summed E-state index contributed by atoms with van der Waals surface area (Å²) in [5.41, 5.74) is 3.45. The van der Waals surface area contributed by atoms with E-state index in [1.807, 2.05) is 121 Å². The molecule has 2 atom stereocenters. The van der Waals surface area contributed by atoms with E-state index in [2.05, 4.69) is 14.9 Å². The lowest BCUT2D eigenvalue weighted by Gasteiger charge is -2.34. The monoisotopic (exact) mass is 716 g/mol. The average Bonchev–Trinajstić information content (AvgIpc) is 3.62. The third kappa shape index (κ3) is 10.3. The first-order valence-corrected chi connectivity index (χ1v) is 19.6. The summed E-state index contributed by atoms with van der Waals surface area (Å²) in [7, 11) is -8.30. The number of rotatable bonds is 17. The molecule has 5 aromatic rings. The first-order valence-electron chi connectivity index (χ1n) is 16.7. The molecule has 1 aromatic heterocycles. The minimum absolute atomic E-state index is 0.0200. The van der Waals surface area contributed by atoms with Crippen LogP contribution >= 0.6 is 7.82 Å². The second kappa shape index (κ2) is 17.3. The molecule has 0 radical (unpaired) electrons. The van der Waals surface area contributed by atoms with E-state index in [0.717, 1.165) is 28.7 Å². The SMILES string of the molecule is O=P(OCc1ccccc1)(OCc1ccccc1)OC[C@@H](Cc1ccccc1)NS(=O)(=O)N1CCCC[C@H]1c1nnc(Cc2ccccc2)o1. The Balaban J connectivity index is 1.19. The summed E-state index contributed by atoms with van der Waals surface area (Å²) < 4.78 is 70.1. The van der Waals surface area contributed by atoms with E-state index >= 15 is 0 Å². The highest BCUT2D eigenvalue weighted by Crippen LogP contribution is 2.51. The van der Waals surface area contributed by atoms with Crippen molar-refractivity contribution in [1.29, 1.82) is 0 Å². The third-order valence-electron chi connectivity index (χ3n) is 8.27. The fraction of sp³-hybridized carbons (Fsp3) is 0.297. The van der Waals surface area contributed by atoms with Crippen molar-refractivity contribution >= 4 is 18.0 Å². The molecule has 0 spiro atoms. The van der Waals surface area contributed by atoms with Gasteiger partial charge in [0.05, 0.1) is 32.3 Å². The maximum absolute atomic E-state index is 14.2. The molecule has 11 nitrogen and oxygen atoms in total. The number of nitrogens with zero attached hydrogens (tertiary/aromatic N) is 3. The zero-order chi connectivity index (χ0) is 34.7. The van der Waals surface area contributed by atoms with Crippen molar-refractivity contribution in [3.05, 3.63) is 155 Å². The summed E-state index contributed by atoms with van der Waals surface area (Å²) in [6.45, 7) is -0.0504. The van der Waals surface area contributed by atoms with Gasteiger partial charge in [-0.05, 0) is 41.5 Å². The van der Waals surface area contributed by atoms with Crippen molar-refractivity contribution in [2.75, 3.05) is 13.2 Å². The Morgan fingerprint density at radius 2 is 1.28 bits per heavy atom. The number of benzene rings is 4. The van der Waals surface area contributed by atoms with Crippen molar-refractivity contribution in [3.8, 4) is 0 Å². The number of nitrogens with one attached hydrogen (secondary N) is 1. The first-order chi connectivity index (χ1) is 24.4. The van der Waals surface area contributed by atoms with Gasteiger partial charge in [-0.2, -0.15) is 17.4 Å². The molecule has 0 bridgehead atoms. The van der Waals surface area contributed by atoms with Crippen molar-refractivity contribution in [2.45, 2.75) is 57.4 Å². The van der Waals surface area contributed by atoms with Crippen LogP contribution in [0.15, 0.2) is 126 Å². The van der Waals surface area contributed by atoms with E-state index in [0.29, 0.717) is 25.2 Å². The molecule has 50 heavy (non-hydrogen) atoms. The van der Waals surface area contributed by atoms with Gasteiger partial charge in [0.1, 0.15) is 6.04 Å². The van der Waals surface area contributed by atoms with E-state index < -0.39 is 30.1 Å². The molecule has 2 heterocycles. The Morgan fingerprint density at radius 3 is 1.86 bits per heavy atom. The van der Waals surface area contributed by atoms with Gasteiger partial charge in [0.15, 0.2) is 0 Å². The van der Waals surface area contributed by atoms with E-state index in [-0.39, 0.29) is 38.7 Å². The molecular weight excluding hydrogens is 675 g/mol. The molecule has 13 heteroatoms. The Bertz CT molecular complexity index is 1870. The van der Waals surface area contributed by atoms with E-state index in [1.54, 1.807) is 0 Å². The first kappa shape index (κ1) is 35.8. The summed E-state index contributed by atoms with van der Waals surface area (Å²) in [6, 6.07) is 36.3. The number of phosphoric ester groups is 1. The minimum Gasteiger partial charge on any atom is -0.423 e. The molecule has 0 aliphatic carbocycles. The van der Waals surface area contributed by atoms with Gasteiger partial charge in [0.25, 0.3) is 10.2 Å². The Morgan fingerprint density at radius 1 is 0.740 bits per heavy atom. The predicted octanol–water partition coefficient (Wildman–Crippen LogP) is 7.19. The van der Waals surface area contributed by atoms with Gasteiger partial charge < -0.3 is 4.42 Å². The molecule has 1 aliphatic heterocycles. The molecule has 0 amide bonds. The van der Waals surface area contributed by atoms with Crippen molar-refractivity contribution in [1.82, 2.24) is 19.2 Å². The highest BCUT2D eigenvalue weighted by molar-refractivity contribution is 7.87. The van der Waals surface area contributed by atoms with Gasteiger partial charge in [0.2, 0.25) is 11.8 Å². The highest BCUT2D eigenvalue weighted by Gasteiger charge is 2.38. The van der Waals surface area contributed by atoms with Crippen LogP contribution in [0.1, 0.15) is 59.3 Å². The molecule has 1 fully saturated rings. The largest absolute Gasteiger partial charge is 0.475 e. The van der Waals surface area contributed by atoms with Gasteiger partial charge in [0, 0.05) is 6.54 Å². The Labute approximate surface area is 293 Å². The fourth-order valence-corrected chi connectivity index (χ4v) is 8.55. The van der Waals surface area contributed by atoms with Crippen LogP contribution in [-0.4, -0.2) is 42.1 Å². The molecular formula is C37H41N4O7PS. The zero-order valence-electron chi connectivity index (χ0n) is 27.6. The summed E-state index contributed by atoms with van der Waals surface area (Å²) >= 11 is 0. The Kier molecular flexibility index (Phi) is 12.4. The van der Waals surface area contributed by atoms with Crippen LogP contribution in [0.4, 0.5) is 0 Å². The quantitative estimate of drug-likeness (QED) is 0.0993. The molecule has 1 N–H and O–H groups in total. The molecule has 0 unspecified atom stereocenters. The number of hydrogen-bond acceptors (Lipinski definition) is 9. The van der Waals surface area contributed by atoms with Crippen molar-refractivity contribution in [2.24, 2.45) is 0 Å². The lowest BCUT2D eigenvalue weighted by molar-refractivity contribution is 0.0965. The summed E-state index contributed by atoms with van der Waals surface area (Å²) in [5.74, 6) is 0.671. The van der Waals surface area contributed by atoms with Gasteiger partial charge >= 0.3 is 7.82 Å². The molecule has 262 valence electrons.